The molecule has 0 aromatic rings. The molecule has 0 aromatic carbocycles. The van der Waals surface area contributed by atoms with Crippen LogP contribution >= 0.6 is 0 Å². The summed E-state index contributed by atoms with van der Waals surface area (Å²) in [4.78, 5) is 11.3. The Morgan fingerprint density at radius 2 is 1.88 bits per heavy atom. The molecule has 1 amide bonds. The number of hydrogen-bond acceptors (Lipinski definition) is 4. The van der Waals surface area contributed by atoms with Gasteiger partial charge in [0.05, 0.1) is 0 Å². The molecule has 0 fully saturated rings. The van der Waals surface area contributed by atoms with Gasteiger partial charge in [-0.3, -0.25) is 0 Å². The second kappa shape index (κ2) is 5.34. The lowest BCUT2D eigenvalue weighted by molar-refractivity contribution is 0.0518. The smallest absolute Gasteiger partial charge is 0.408 e. The van der Waals surface area contributed by atoms with E-state index >= 15 is 0 Å². The topological polar surface area (TPSA) is 72.5 Å². The van der Waals surface area contributed by atoms with Crippen molar-refractivity contribution in [1.29, 1.82) is 0 Å². The van der Waals surface area contributed by atoms with E-state index in [-0.39, 0.29) is 0 Å². The summed E-state index contributed by atoms with van der Waals surface area (Å²) in [6, 6.07) is -0.399. The Kier molecular flexibility index (Phi) is 4.99. The zero-order valence-electron chi connectivity index (χ0n) is 10.3. The molecule has 0 unspecified atom stereocenters. The summed E-state index contributed by atoms with van der Waals surface area (Å²) >= 11 is 0. The SMILES string of the molecule is C[C@@H](C=CS(C)(=O)=O)NC(=O)OC(C)(C)C. The maximum Gasteiger partial charge on any atom is 0.408 e. The Labute approximate surface area is 96.8 Å². The fourth-order valence-corrected chi connectivity index (χ4v) is 1.32. The van der Waals surface area contributed by atoms with E-state index < -0.39 is 27.6 Å². The lowest BCUT2D eigenvalue weighted by Crippen LogP contribution is -2.36. The molecule has 0 saturated carbocycles. The van der Waals surface area contributed by atoms with Crippen molar-refractivity contribution in [3.63, 3.8) is 0 Å². The molecule has 0 spiro atoms. The molecule has 0 aliphatic carbocycles. The van der Waals surface area contributed by atoms with Crippen LogP contribution in [0.3, 0.4) is 0 Å². The first-order valence-electron chi connectivity index (χ1n) is 4.87. The van der Waals surface area contributed by atoms with Crippen molar-refractivity contribution in [1.82, 2.24) is 5.32 Å². The largest absolute Gasteiger partial charge is 0.444 e. The lowest BCUT2D eigenvalue weighted by atomic mass is 10.2. The van der Waals surface area contributed by atoms with E-state index in [2.05, 4.69) is 5.32 Å². The predicted molar refractivity (Wildman–Crippen MR) is 62.8 cm³/mol. The maximum absolute atomic E-state index is 11.3. The first kappa shape index (κ1) is 15.0. The molecule has 0 bridgehead atoms. The molecule has 0 heterocycles. The number of nitrogens with one attached hydrogen (secondary N) is 1. The van der Waals surface area contributed by atoms with Gasteiger partial charge in [-0.15, -0.1) is 0 Å². The van der Waals surface area contributed by atoms with Gasteiger partial charge in [-0.2, -0.15) is 0 Å². The lowest BCUT2D eigenvalue weighted by Gasteiger charge is -2.20. The molecular formula is C10H19NO4S. The predicted octanol–water partition coefficient (Wildman–Crippen LogP) is 1.46. The van der Waals surface area contributed by atoms with Crippen molar-refractivity contribution >= 4 is 15.9 Å². The number of hydrogen-bond donors (Lipinski definition) is 1. The first-order chi connectivity index (χ1) is 6.99. The molecule has 16 heavy (non-hydrogen) atoms. The summed E-state index contributed by atoms with van der Waals surface area (Å²) in [5, 5.41) is 3.55. The van der Waals surface area contributed by atoms with E-state index in [4.69, 9.17) is 4.74 Å². The minimum Gasteiger partial charge on any atom is -0.444 e. The van der Waals surface area contributed by atoms with Gasteiger partial charge >= 0.3 is 6.09 Å². The van der Waals surface area contributed by atoms with E-state index in [1.54, 1.807) is 27.7 Å². The van der Waals surface area contributed by atoms with E-state index in [1.165, 1.54) is 6.08 Å². The van der Waals surface area contributed by atoms with Crippen LogP contribution in [0.4, 0.5) is 4.79 Å². The van der Waals surface area contributed by atoms with Crippen molar-refractivity contribution in [2.45, 2.75) is 39.3 Å². The van der Waals surface area contributed by atoms with Crippen LogP contribution in [0.25, 0.3) is 0 Å². The molecule has 1 N–H and O–H groups in total. The minimum absolute atomic E-state index is 0.399. The van der Waals surface area contributed by atoms with Gasteiger partial charge in [0.15, 0.2) is 9.84 Å². The van der Waals surface area contributed by atoms with Gasteiger partial charge in [-0.05, 0) is 27.7 Å². The molecule has 6 heteroatoms. The second-order valence-corrected chi connectivity index (χ2v) is 6.52. The van der Waals surface area contributed by atoms with Crippen molar-refractivity contribution in [3.05, 3.63) is 11.5 Å². The third-order valence-electron chi connectivity index (χ3n) is 1.36. The molecule has 0 radical (unpaired) electrons. The summed E-state index contributed by atoms with van der Waals surface area (Å²) in [6.45, 7) is 6.92. The zero-order valence-corrected chi connectivity index (χ0v) is 11.1. The van der Waals surface area contributed by atoms with E-state index in [9.17, 15) is 13.2 Å². The molecule has 0 aliphatic heterocycles. The highest BCUT2D eigenvalue weighted by atomic mass is 32.2. The quantitative estimate of drug-likeness (QED) is 0.821. The Bertz CT molecular complexity index is 365. The first-order valence-corrected chi connectivity index (χ1v) is 6.83. The summed E-state index contributed by atoms with van der Waals surface area (Å²) < 4.78 is 26.6. The van der Waals surface area contributed by atoms with Crippen molar-refractivity contribution in [2.24, 2.45) is 0 Å². The average molecular weight is 249 g/mol. The summed E-state index contributed by atoms with van der Waals surface area (Å²) in [5.41, 5.74) is -0.565. The number of ether oxygens (including phenoxy) is 1. The number of amides is 1. The number of carbonyl (C=O) groups is 1. The van der Waals surface area contributed by atoms with Gasteiger partial charge in [0.2, 0.25) is 0 Å². The molecule has 94 valence electrons. The van der Waals surface area contributed by atoms with Gasteiger partial charge in [0, 0.05) is 17.7 Å². The summed E-state index contributed by atoms with van der Waals surface area (Å²) in [5.74, 6) is 0. The minimum atomic E-state index is -3.16. The van der Waals surface area contributed by atoms with Crippen LogP contribution in [0.15, 0.2) is 11.5 Å². The van der Waals surface area contributed by atoms with Crippen LogP contribution in [0.5, 0.6) is 0 Å². The highest BCUT2D eigenvalue weighted by Crippen LogP contribution is 2.06. The highest BCUT2D eigenvalue weighted by Gasteiger charge is 2.16. The van der Waals surface area contributed by atoms with Gasteiger partial charge < -0.3 is 10.1 Å². The number of carbonyl (C=O) groups excluding carboxylic acids is 1. The van der Waals surface area contributed by atoms with Crippen LogP contribution < -0.4 is 5.32 Å². The Hall–Kier alpha value is -1.04. The zero-order chi connectivity index (χ0) is 13.0. The van der Waals surface area contributed by atoms with E-state index in [0.717, 1.165) is 11.7 Å². The second-order valence-electron chi connectivity index (χ2n) is 4.59. The molecule has 0 aliphatic rings. The van der Waals surface area contributed by atoms with E-state index in [0.29, 0.717) is 0 Å². The summed E-state index contributed by atoms with van der Waals surface area (Å²) in [6.07, 6.45) is 1.90. The summed E-state index contributed by atoms with van der Waals surface area (Å²) in [7, 11) is -3.16. The van der Waals surface area contributed by atoms with E-state index in [1.807, 2.05) is 0 Å². The van der Waals surface area contributed by atoms with Gasteiger partial charge in [0.25, 0.3) is 0 Å². The Balaban J connectivity index is 4.22. The number of sulfone groups is 1. The fraction of sp³-hybridized carbons (Fsp3) is 0.700. The maximum atomic E-state index is 11.3. The molecule has 0 saturated heterocycles. The standard InChI is InChI=1S/C10H19NO4S/c1-8(6-7-16(5,13)14)11-9(12)15-10(2,3)4/h6-8H,1-5H3,(H,11,12)/t8-/m0/s1. The number of alkyl carbamates (subject to hydrolysis) is 1. The van der Waals surface area contributed by atoms with Crippen molar-refractivity contribution < 1.29 is 17.9 Å². The van der Waals surface area contributed by atoms with Crippen LogP contribution in [0.2, 0.25) is 0 Å². The molecular weight excluding hydrogens is 230 g/mol. The average Bonchev–Trinajstić information content (AvgIpc) is 1.95. The van der Waals surface area contributed by atoms with Gasteiger partial charge in [-0.25, -0.2) is 13.2 Å². The van der Waals surface area contributed by atoms with Crippen molar-refractivity contribution in [2.75, 3.05) is 6.26 Å². The monoisotopic (exact) mass is 249 g/mol. The van der Waals surface area contributed by atoms with Gasteiger partial charge in [0.1, 0.15) is 5.60 Å². The molecule has 0 rings (SSSR count). The van der Waals surface area contributed by atoms with Crippen LogP contribution in [0.1, 0.15) is 27.7 Å². The Morgan fingerprint density at radius 3 is 2.25 bits per heavy atom. The highest BCUT2D eigenvalue weighted by molar-refractivity contribution is 7.93. The van der Waals surface area contributed by atoms with Crippen LogP contribution in [-0.4, -0.2) is 32.4 Å². The normalized spacial score (nSPS) is 14.8. The molecule has 0 aromatic heterocycles. The Morgan fingerprint density at radius 1 is 1.38 bits per heavy atom. The number of rotatable bonds is 3. The third-order valence-corrected chi connectivity index (χ3v) is 2.01. The molecule has 1 atom stereocenters. The third kappa shape index (κ3) is 9.51. The van der Waals surface area contributed by atoms with Crippen LogP contribution in [-0.2, 0) is 14.6 Å². The van der Waals surface area contributed by atoms with Crippen molar-refractivity contribution in [3.8, 4) is 0 Å². The van der Waals surface area contributed by atoms with Crippen LogP contribution in [0, 0.1) is 0 Å². The van der Waals surface area contributed by atoms with Gasteiger partial charge in [-0.1, -0.05) is 6.08 Å². The molecule has 5 nitrogen and oxygen atoms in total. The fourth-order valence-electron chi connectivity index (χ4n) is 0.802.